The fraction of sp³-hybridized carbons (Fsp3) is 0.0769. The van der Waals surface area contributed by atoms with Gasteiger partial charge in [-0.15, -0.1) is 0 Å². The summed E-state index contributed by atoms with van der Waals surface area (Å²) in [5.41, 5.74) is 11.5. The molecule has 0 bridgehead atoms. The minimum atomic E-state index is -3.66. The Labute approximate surface area is 123 Å². The first kappa shape index (κ1) is 15.1. The summed E-state index contributed by atoms with van der Waals surface area (Å²) in [5, 5.41) is 0. The third-order valence-electron chi connectivity index (χ3n) is 2.55. The minimum absolute atomic E-state index is 0.111. The van der Waals surface area contributed by atoms with Gasteiger partial charge in [-0.2, -0.15) is 0 Å². The van der Waals surface area contributed by atoms with Crippen molar-refractivity contribution in [3.63, 3.8) is 0 Å². The maximum atomic E-state index is 12.2. The van der Waals surface area contributed by atoms with E-state index in [4.69, 9.17) is 10.6 Å². The summed E-state index contributed by atoms with van der Waals surface area (Å²) < 4.78 is 26.9. The van der Waals surface area contributed by atoms with Crippen LogP contribution in [0.4, 0.5) is 11.4 Å². The van der Waals surface area contributed by atoms with Crippen molar-refractivity contribution in [2.75, 3.05) is 17.5 Å². The van der Waals surface area contributed by atoms with E-state index < -0.39 is 10.0 Å². The van der Waals surface area contributed by atoms with Crippen LogP contribution in [0, 0.1) is 0 Å². The van der Waals surface area contributed by atoms with Crippen LogP contribution in [0.15, 0.2) is 53.4 Å². The van der Waals surface area contributed by atoms with Crippen LogP contribution >= 0.6 is 0 Å². The molecule has 0 saturated carbocycles. The lowest BCUT2D eigenvalue weighted by Gasteiger charge is -2.10. The Bertz CT molecular complexity index is 702. The Balaban J connectivity index is 2.13. The highest BCUT2D eigenvalue weighted by Gasteiger charge is 2.14. The van der Waals surface area contributed by atoms with Crippen molar-refractivity contribution in [2.24, 2.45) is 0 Å². The van der Waals surface area contributed by atoms with Crippen LogP contribution in [0.2, 0.25) is 0 Å². The maximum Gasteiger partial charge on any atom is 0.261 e. The van der Waals surface area contributed by atoms with Gasteiger partial charge in [0.15, 0.2) is 0 Å². The van der Waals surface area contributed by atoms with Gasteiger partial charge in [-0.25, -0.2) is 13.8 Å². The minimum Gasteiger partial charge on any atom is -0.399 e. The van der Waals surface area contributed by atoms with E-state index in [1.165, 1.54) is 12.1 Å². The van der Waals surface area contributed by atoms with Gasteiger partial charge >= 0.3 is 0 Å². The smallest absolute Gasteiger partial charge is 0.261 e. The molecule has 21 heavy (non-hydrogen) atoms. The molecule has 0 unspecified atom stereocenters. The monoisotopic (exact) mass is 308 g/mol. The van der Waals surface area contributed by atoms with Crippen LogP contribution < -0.4 is 26.3 Å². The molecule has 2 aromatic carbocycles. The normalized spacial score (nSPS) is 11.1. The number of benzene rings is 2. The van der Waals surface area contributed by atoms with Crippen molar-refractivity contribution in [3.8, 4) is 5.75 Å². The van der Waals surface area contributed by atoms with Crippen LogP contribution in [-0.4, -0.2) is 15.5 Å². The van der Waals surface area contributed by atoms with Crippen LogP contribution in [0.1, 0.15) is 0 Å². The molecule has 0 spiro atoms. The second-order valence-electron chi connectivity index (χ2n) is 4.16. The zero-order valence-electron chi connectivity index (χ0n) is 11.3. The maximum absolute atomic E-state index is 12.2. The van der Waals surface area contributed by atoms with Crippen molar-refractivity contribution in [2.45, 2.75) is 4.90 Å². The first-order valence-corrected chi connectivity index (χ1v) is 7.56. The van der Waals surface area contributed by atoms with E-state index in [1.54, 1.807) is 43.4 Å². The van der Waals surface area contributed by atoms with Gasteiger partial charge in [0.1, 0.15) is 5.75 Å². The molecule has 8 heteroatoms. The number of hydrogen-bond acceptors (Lipinski definition) is 6. The van der Waals surface area contributed by atoms with Gasteiger partial charge in [-0.1, -0.05) is 11.7 Å². The highest BCUT2D eigenvalue weighted by molar-refractivity contribution is 7.92. The Kier molecular flexibility index (Phi) is 4.63. The number of nitrogen functional groups attached to an aromatic ring is 1. The first-order chi connectivity index (χ1) is 10.0. The summed E-state index contributed by atoms with van der Waals surface area (Å²) in [6, 6.07) is 12.5. The molecule has 112 valence electrons. The summed E-state index contributed by atoms with van der Waals surface area (Å²) >= 11 is 0. The van der Waals surface area contributed by atoms with Gasteiger partial charge in [-0.05, 0) is 42.5 Å². The third-order valence-corrected chi connectivity index (χ3v) is 3.92. The Morgan fingerprint density at radius 3 is 2.43 bits per heavy atom. The van der Waals surface area contributed by atoms with Crippen molar-refractivity contribution in [1.29, 1.82) is 0 Å². The number of nitrogens with one attached hydrogen (secondary N) is 3. The highest BCUT2D eigenvalue weighted by Crippen LogP contribution is 2.20. The van der Waals surface area contributed by atoms with E-state index in [-0.39, 0.29) is 4.90 Å². The standard InChI is InChI=1S/C13H16N4O3S/c1-15-17-20-12-7-5-11(6-8-12)16-21(18,19)13-4-2-3-10(14)9-13/h2-9,15-17H,14H2,1H3. The third kappa shape index (κ3) is 4.09. The quantitative estimate of drug-likeness (QED) is 0.470. The predicted octanol–water partition coefficient (Wildman–Crippen LogP) is 1.09. The predicted molar refractivity (Wildman–Crippen MR) is 80.9 cm³/mol. The average molecular weight is 308 g/mol. The number of hydrazine groups is 1. The van der Waals surface area contributed by atoms with Crippen molar-refractivity contribution >= 4 is 21.4 Å². The summed E-state index contributed by atoms with van der Waals surface area (Å²) in [6.45, 7) is 0. The summed E-state index contributed by atoms with van der Waals surface area (Å²) in [6.07, 6.45) is 0. The SMILES string of the molecule is CNNOc1ccc(NS(=O)(=O)c2cccc(N)c2)cc1. The molecule has 0 saturated heterocycles. The van der Waals surface area contributed by atoms with E-state index in [0.29, 0.717) is 17.1 Å². The number of sulfonamides is 1. The lowest BCUT2D eigenvalue weighted by atomic mass is 10.3. The zero-order valence-corrected chi connectivity index (χ0v) is 12.1. The molecular weight excluding hydrogens is 292 g/mol. The Morgan fingerprint density at radius 2 is 1.81 bits per heavy atom. The van der Waals surface area contributed by atoms with E-state index in [9.17, 15) is 8.42 Å². The fourth-order valence-electron chi connectivity index (χ4n) is 1.60. The molecular formula is C13H16N4O3S. The van der Waals surface area contributed by atoms with E-state index >= 15 is 0 Å². The lowest BCUT2D eigenvalue weighted by Crippen LogP contribution is -2.30. The molecule has 7 nitrogen and oxygen atoms in total. The number of hydrogen-bond donors (Lipinski definition) is 4. The van der Waals surface area contributed by atoms with Crippen molar-refractivity contribution < 1.29 is 13.3 Å². The Morgan fingerprint density at radius 1 is 1.10 bits per heavy atom. The van der Waals surface area contributed by atoms with Crippen LogP contribution in [0.5, 0.6) is 5.75 Å². The van der Waals surface area contributed by atoms with Crippen molar-refractivity contribution in [3.05, 3.63) is 48.5 Å². The summed E-state index contributed by atoms with van der Waals surface area (Å²) in [7, 11) is -2.00. The van der Waals surface area contributed by atoms with Crippen LogP contribution in [-0.2, 0) is 10.0 Å². The molecule has 0 aliphatic carbocycles. The fourth-order valence-corrected chi connectivity index (χ4v) is 2.71. The number of anilines is 2. The molecule has 0 radical (unpaired) electrons. The van der Waals surface area contributed by atoms with Gasteiger partial charge in [0.25, 0.3) is 10.0 Å². The molecule has 0 amide bonds. The first-order valence-electron chi connectivity index (χ1n) is 6.08. The molecule has 0 heterocycles. The molecule has 0 aliphatic rings. The van der Waals surface area contributed by atoms with E-state index in [0.717, 1.165) is 0 Å². The molecule has 0 aliphatic heterocycles. The summed E-state index contributed by atoms with van der Waals surface area (Å²) in [4.78, 5) is 5.20. The van der Waals surface area contributed by atoms with Gasteiger partial charge in [0.2, 0.25) is 0 Å². The van der Waals surface area contributed by atoms with Gasteiger partial charge in [-0.3, -0.25) is 4.72 Å². The summed E-state index contributed by atoms with van der Waals surface area (Å²) in [5.74, 6) is 0.538. The van der Waals surface area contributed by atoms with Gasteiger partial charge in [0, 0.05) is 18.4 Å². The highest BCUT2D eigenvalue weighted by atomic mass is 32.2. The lowest BCUT2D eigenvalue weighted by molar-refractivity contribution is 0.160. The zero-order chi connectivity index (χ0) is 15.3. The largest absolute Gasteiger partial charge is 0.399 e. The molecule has 2 rings (SSSR count). The molecule has 0 fully saturated rings. The number of rotatable bonds is 6. The molecule has 5 N–H and O–H groups in total. The molecule has 0 aromatic heterocycles. The van der Waals surface area contributed by atoms with E-state index in [2.05, 4.69) is 15.7 Å². The van der Waals surface area contributed by atoms with Crippen molar-refractivity contribution in [1.82, 2.24) is 11.0 Å². The Hall–Kier alpha value is -2.29. The number of nitrogens with two attached hydrogens (primary N) is 1. The van der Waals surface area contributed by atoms with Gasteiger partial charge in [0.05, 0.1) is 4.90 Å². The molecule has 2 aromatic rings. The van der Waals surface area contributed by atoms with Crippen LogP contribution in [0.25, 0.3) is 0 Å². The van der Waals surface area contributed by atoms with Gasteiger partial charge < -0.3 is 10.6 Å². The van der Waals surface area contributed by atoms with E-state index in [1.807, 2.05) is 0 Å². The second-order valence-corrected chi connectivity index (χ2v) is 5.84. The second kappa shape index (κ2) is 6.44. The van der Waals surface area contributed by atoms with Crippen LogP contribution in [0.3, 0.4) is 0 Å². The molecule has 0 atom stereocenters. The average Bonchev–Trinajstić information content (AvgIpc) is 2.46. The topological polar surface area (TPSA) is 105 Å².